The molecule has 0 saturated carbocycles. The van der Waals surface area contributed by atoms with E-state index in [-0.39, 0.29) is 32.8 Å². The molecule has 1 heterocycles. The van der Waals surface area contributed by atoms with Gasteiger partial charge in [-0.3, -0.25) is 14.5 Å². The zero-order chi connectivity index (χ0) is 25.1. The Balaban J connectivity index is 1.48. The van der Waals surface area contributed by atoms with Gasteiger partial charge in [-0.25, -0.2) is 9.18 Å². The molecule has 0 atom stereocenters. The number of amides is 2. The lowest BCUT2D eigenvalue weighted by atomic mass is 10.1. The second kappa shape index (κ2) is 10.5. The van der Waals surface area contributed by atoms with Gasteiger partial charge in [0.2, 0.25) is 0 Å². The molecule has 4 rings (SSSR count). The number of benzene rings is 3. The molecule has 3 aromatic carbocycles. The first-order valence-electron chi connectivity index (χ1n) is 10.1. The van der Waals surface area contributed by atoms with E-state index in [2.05, 4.69) is 0 Å². The monoisotopic (exact) mass is 531 g/mol. The van der Waals surface area contributed by atoms with Crippen LogP contribution < -0.4 is 9.47 Å². The van der Waals surface area contributed by atoms with E-state index in [1.54, 1.807) is 30.3 Å². The van der Waals surface area contributed by atoms with Gasteiger partial charge in [0.15, 0.2) is 0 Å². The number of ether oxygens (including phenoxy) is 2. The quantitative estimate of drug-likeness (QED) is 0.203. The molecule has 3 aromatic rings. The minimum absolute atomic E-state index is 0.0591. The normalized spacial score (nSPS) is 14.5. The van der Waals surface area contributed by atoms with Crippen LogP contribution in [0, 0.1) is 5.82 Å². The maximum absolute atomic E-state index is 14.1. The first kappa shape index (κ1) is 24.8. The van der Waals surface area contributed by atoms with Crippen LogP contribution in [0.15, 0.2) is 65.6 Å². The number of carbonyl (C=O) groups is 3. The fourth-order valence-electron chi connectivity index (χ4n) is 3.20. The molecule has 0 aromatic heterocycles. The molecule has 0 unspecified atom stereocenters. The molecule has 178 valence electrons. The Kier molecular flexibility index (Phi) is 7.45. The smallest absolute Gasteiger partial charge is 0.343 e. The van der Waals surface area contributed by atoms with Crippen molar-refractivity contribution >= 4 is 58.2 Å². The molecule has 1 saturated heterocycles. The van der Waals surface area contributed by atoms with Gasteiger partial charge in [-0.05, 0) is 71.9 Å². The standard InChI is InChI=1S/C25H16Cl2FNO5S/c1-33-16-8-6-15(7-9-16)24(31)34-21-10-5-14(11-19(21)27)12-22-23(30)29(25(32)35-22)13-17-18(26)3-2-4-20(17)28/h2-12H,13H2,1H3/b22-12-. The summed E-state index contributed by atoms with van der Waals surface area (Å²) in [4.78, 5) is 38.6. The van der Waals surface area contributed by atoms with Crippen LogP contribution in [-0.4, -0.2) is 29.1 Å². The van der Waals surface area contributed by atoms with Gasteiger partial charge in [-0.1, -0.05) is 35.3 Å². The van der Waals surface area contributed by atoms with Crippen LogP contribution in [0.25, 0.3) is 6.08 Å². The maximum Gasteiger partial charge on any atom is 0.343 e. The van der Waals surface area contributed by atoms with Crippen molar-refractivity contribution < 1.29 is 28.2 Å². The summed E-state index contributed by atoms with van der Waals surface area (Å²) in [6, 6.07) is 15.1. The predicted octanol–water partition coefficient (Wildman–Crippen LogP) is 6.60. The van der Waals surface area contributed by atoms with Crippen LogP contribution in [0.2, 0.25) is 10.0 Å². The number of esters is 1. The summed E-state index contributed by atoms with van der Waals surface area (Å²) < 4.78 is 24.5. The van der Waals surface area contributed by atoms with Crippen molar-refractivity contribution in [1.29, 1.82) is 0 Å². The lowest BCUT2D eigenvalue weighted by molar-refractivity contribution is -0.123. The van der Waals surface area contributed by atoms with Gasteiger partial charge in [0, 0.05) is 10.6 Å². The van der Waals surface area contributed by atoms with Gasteiger partial charge in [0.25, 0.3) is 11.1 Å². The number of halogens is 3. The zero-order valence-electron chi connectivity index (χ0n) is 18.1. The Morgan fingerprint density at radius 2 is 1.80 bits per heavy atom. The highest BCUT2D eigenvalue weighted by molar-refractivity contribution is 8.18. The summed E-state index contributed by atoms with van der Waals surface area (Å²) in [6.07, 6.45) is 1.48. The summed E-state index contributed by atoms with van der Waals surface area (Å²) in [5.41, 5.74) is 0.882. The highest BCUT2D eigenvalue weighted by Gasteiger charge is 2.36. The molecule has 1 fully saturated rings. The molecule has 10 heteroatoms. The van der Waals surface area contributed by atoms with E-state index >= 15 is 0 Å². The molecular weight excluding hydrogens is 516 g/mol. The van der Waals surface area contributed by atoms with Gasteiger partial charge >= 0.3 is 5.97 Å². The van der Waals surface area contributed by atoms with E-state index in [4.69, 9.17) is 32.7 Å². The van der Waals surface area contributed by atoms with E-state index in [1.165, 1.54) is 43.5 Å². The van der Waals surface area contributed by atoms with Crippen molar-refractivity contribution in [2.24, 2.45) is 0 Å². The lowest BCUT2D eigenvalue weighted by Crippen LogP contribution is -2.28. The molecule has 2 amide bonds. The summed E-state index contributed by atoms with van der Waals surface area (Å²) in [7, 11) is 1.52. The Morgan fingerprint density at radius 3 is 2.46 bits per heavy atom. The fourth-order valence-corrected chi connectivity index (χ4v) is 4.49. The highest BCUT2D eigenvalue weighted by Crippen LogP contribution is 2.36. The number of methoxy groups -OCH3 is 1. The van der Waals surface area contributed by atoms with E-state index < -0.39 is 22.9 Å². The first-order valence-corrected chi connectivity index (χ1v) is 11.7. The molecule has 1 aliphatic rings. The average Bonchev–Trinajstić information content (AvgIpc) is 3.10. The van der Waals surface area contributed by atoms with Crippen LogP contribution in [0.1, 0.15) is 21.5 Å². The van der Waals surface area contributed by atoms with Gasteiger partial charge < -0.3 is 9.47 Å². The van der Waals surface area contributed by atoms with Crippen molar-refractivity contribution in [2.45, 2.75) is 6.54 Å². The Morgan fingerprint density at radius 1 is 1.06 bits per heavy atom. The number of rotatable bonds is 6. The summed E-state index contributed by atoms with van der Waals surface area (Å²) in [5.74, 6) is -1.05. The van der Waals surface area contributed by atoms with E-state index in [9.17, 15) is 18.8 Å². The second-order valence-electron chi connectivity index (χ2n) is 7.28. The third kappa shape index (κ3) is 5.51. The van der Waals surface area contributed by atoms with Crippen LogP contribution in [0.4, 0.5) is 9.18 Å². The topological polar surface area (TPSA) is 72.9 Å². The van der Waals surface area contributed by atoms with Crippen LogP contribution in [0.5, 0.6) is 11.5 Å². The average molecular weight is 532 g/mol. The first-order chi connectivity index (χ1) is 16.8. The van der Waals surface area contributed by atoms with Gasteiger partial charge in [0.05, 0.1) is 29.1 Å². The minimum Gasteiger partial charge on any atom is -0.497 e. The van der Waals surface area contributed by atoms with Gasteiger partial charge in [0.1, 0.15) is 17.3 Å². The van der Waals surface area contributed by atoms with Crippen molar-refractivity contribution in [3.63, 3.8) is 0 Å². The van der Waals surface area contributed by atoms with Crippen LogP contribution >= 0.6 is 35.0 Å². The number of imide groups is 1. The maximum atomic E-state index is 14.1. The van der Waals surface area contributed by atoms with Crippen molar-refractivity contribution in [3.8, 4) is 11.5 Å². The van der Waals surface area contributed by atoms with E-state index in [0.717, 1.165) is 16.7 Å². The molecule has 1 aliphatic heterocycles. The summed E-state index contributed by atoms with van der Waals surface area (Å²) in [5, 5.41) is -0.283. The molecule has 0 N–H and O–H groups in total. The number of hydrogen-bond donors (Lipinski definition) is 0. The molecule has 0 radical (unpaired) electrons. The number of hydrogen-bond acceptors (Lipinski definition) is 6. The predicted molar refractivity (Wildman–Crippen MR) is 132 cm³/mol. The van der Waals surface area contributed by atoms with Gasteiger partial charge in [-0.15, -0.1) is 0 Å². The SMILES string of the molecule is COc1ccc(C(=O)Oc2ccc(/C=C3\SC(=O)N(Cc4c(F)cccc4Cl)C3=O)cc2Cl)cc1. The number of nitrogens with zero attached hydrogens (tertiary/aromatic N) is 1. The van der Waals surface area contributed by atoms with E-state index in [0.29, 0.717) is 16.9 Å². The third-order valence-corrected chi connectivity index (χ3v) is 6.59. The largest absolute Gasteiger partial charge is 0.497 e. The number of thioether (sulfide) groups is 1. The molecule has 6 nitrogen and oxygen atoms in total. The lowest BCUT2D eigenvalue weighted by Gasteiger charge is -2.14. The molecular formula is C25H16Cl2FNO5S. The Hall–Kier alpha value is -3.33. The van der Waals surface area contributed by atoms with Crippen LogP contribution in [-0.2, 0) is 11.3 Å². The third-order valence-electron chi connectivity index (χ3n) is 5.03. The Bertz CT molecular complexity index is 1340. The Labute approximate surface area is 214 Å². The fraction of sp³-hybridized carbons (Fsp3) is 0.0800. The molecule has 0 bridgehead atoms. The molecule has 0 spiro atoms. The summed E-state index contributed by atoms with van der Waals surface area (Å²) in [6.45, 7) is -0.283. The van der Waals surface area contributed by atoms with Gasteiger partial charge in [-0.2, -0.15) is 0 Å². The van der Waals surface area contributed by atoms with E-state index in [1.807, 2.05) is 0 Å². The van der Waals surface area contributed by atoms with Crippen molar-refractivity contribution in [1.82, 2.24) is 4.90 Å². The second-order valence-corrected chi connectivity index (χ2v) is 9.08. The highest BCUT2D eigenvalue weighted by atomic mass is 35.5. The zero-order valence-corrected chi connectivity index (χ0v) is 20.4. The van der Waals surface area contributed by atoms with Crippen LogP contribution in [0.3, 0.4) is 0 Å². The number of carbonyl (C=O) groups excluding carboxylic acids is 3. The molecule has 35 heavy (non-hydrogen) atoms. The van der Waals surface area contributed by atoms with Crippen molar-refractivity contribution in [2.75, 3.05) is 7.11 Å². The van der Waals surface area contributed by atoms with Crippen molar-refractivity contribution in [3.05, 3.63) is 98.1 Å². The molecule has 0 aliphatic carbocycles. The summed E-state index contributed by atoms with van der Waals surface area (Å²) >= 11 is 13.0. The minimum atomic E-state index is -0.605.